The predicted molar refractivity (Wildman–Crippen MR) is 46.7 cm³/mol. The second-order valence-electron chi connectivity index (χ2n) is 5.21. The van der Waals surface area contributed by atoms with E-state index in [1.165, 1.54) is 25.7 Å². The van der Waals surface area contributed by atoms with E-state index in [1.54, 1.807) is 0 Å². The molecular formula is C10H17NO. The van der Waals surface area contributed by atoms with Crippen LogP contribution in [0.1, 0.15) is 32.6 Å². The maximum Gasteiger partial charge on any atom is 0.0687 e. The van der Waals surface area contributed by atoms with E-state index in [4.69, 9.17) is 10.5 Å². The Morgan fingerprint density at radius 3 is 2.58 bits per heavy atom. The molecule has 5 rings (SSSR count). The van der Waals surface area contributed by atoms with Crippen molar-refractivity contribution in [2.24, 2.45) is 17.6 Å². The Labute approximate surface area is 73.5 Å². The molecule has 2 saturated heterocycles. The van der Waals surface area contributed by atoms with E-state index >= 15 is 0 Å². The molecule has 2 heteroatoms. The molecule has 0 amide bonds. The van der Waals surface area contributed by atoms with Crippen molar-refractivity contribution in [2.75, 3.05) is 6.61 Å². The van der Waals surface area contributed by atoms with Crippen LogP contribution in [0.25, 0.3) is 0 Å². The van der Waals surface area contributed by atoms with Crippen LogP contribution in [0.2, 0.25) is 0 Å². The Balaban J connectivity index is 2.03. The number of nitrogens with two attached hydrogens (primary N) is 1. The first-order chi connectivity index (χ1) is 5.62. The highest BCUT2D eigenvalue weighted by Gasteiger charge is 2.59. The van der Waals surface area contributed by atoms with Crippen LogP contribution >= 0.6 is 0 Å². The molecule has 0 aromatic carbocycles. The summed E-state index contributed by atoms with van der Waals surface area (Å²) < 4.78 is 5.88. The fourth-order valence-electron chi connectivity index (χ4n) is 3.55. The van der Waals surface area contributed by atoms with Crippen LogP contribution in [0.3, 0.4) is 0 Å². The third-order valence-corrected chi connectivity index (χ3v) is 4.49. The molecule has 0 aromatic heterocycles. The van der Waals surface area contributed by atoms with E-state index in [-0.39, 0.29) is 11.1 Å². The van der Waals surface area contributed by atoms with Crippen molar-refractivity contribution in [3.05, 3.63) is 0 Å². The Kier molecular flexibility index (Phi) is 1.15. The summed E-state index contributed by atoms with van der Waals surface area (Å²) in [4.78, 5) is 0. The summed E-state index contributed by atoms with van der Waals surface area (Å²) in [5, 5.41) is 0. The summed E-state index contributed by atoms with van der Waals surface area (Å²) in [6.07, 6.45) is 5.13. The lowest BCUT2D eigenvalue weighted by Crippen LogP contribution is -2.70. The van der Waals surface area contributed by atoms with E-state index in [2.05, 4.69) is 6.92 Å². The van der Waals surface area contributed by atoms with Crippen LogP contribution in [-0.4, -0.2) is 17.7 Å². The molecule has 2 nitrogen and oxygen atoms in total. The maximum atomic E-state index is 6.32. The lowest BCUT2D eigenvalue weighted by Gasteiger charge is -2.62. The van der Waals surface area contributed by atoms with Gasteiger partial charge in [0, 0.05) is 5.54 Å². The normalized spacial score (nSPS) is 62.5. The highest BCUT2D eigenvalue weighted by molar-refractivity contribution is 5.12. The molecule has 0 aromatic rings. The van der Waals surface area contributed by atoms with E-state index in [9.17, 15) is 0 Å². The van der Waals surface area contributed by atoms with Gasteiger partial charge in [0.25, 0.3) is 0 Å². The molecule has 3 aliphatic carbocycles. The number of ether oxygens (including phenoxy) is 1. The van der Waals surface area contributed by atoms with Gasteiger partial charge in [-0.2, -0.15) is 0 Å². The lowest BCUT2D eigenvalue weighted by atomic mass is 9.53. The van der Waals surface area contributed by atoms with Gasteiger partial charge >= 0.3 is 0 Å². The van der Waals surface area contributed by atoms with Gasteiger partial charge in [-0.25, -0.2) is 0 Å². The number of hydrogen-bond donors (Lipinski definition) is 1. The van der Waals surface area contributed by atoms with Gasteiger partial charge in [-0.1, -0.05) is 0 Å². The highest BCUT2D eigenvalue weighted by Crippen LogP contribution is 2.56. The molecule has 4 bridgehead atoms. The topological polar surface area (TPSA) is 35.2 Å². The zero-order valence-corrected chi connectivity index (χ0v) is 7.68. The van der Waals surface area contributed by atoms with Crippen molar-refractivity contribution >= 4 is 0 Å². The molecule has 5 aliphatic rings. The van der Waals surface area contributed by atoms with Crippen LogP contribution in [0.5, 0.6) is 0 Å². The van der Waals surface area contributed by atoms with Crippen molar-refractivity contribution in [3.63, 3.8) is 0 Å². The van der Waals surface area contributed by atoms with Gasteiger partial charge < -0.3 is 10.5 Å². The highest BCUT2D eigenvalue weighted by atomic mass is 16.5. The first-order valence-corrected chi connectivity index (χ1v) is 5.05. The van der Waals surface area contributed by atoms with Crippen molar-refractivity contribution in [1.29, 1.82) is 0 Å². The summed E-state index contributed by atoms with van der Waals surface area (Å²) in [6, 6.07) is 0. The molecule has 4 atom stereocenters. The van der Waals surface area contributed by atoms with Gasteiger partial charge in [0.05, 0.1) is 12.2 Å². The van der Waals surface area contributed by atoms with Crippen molar-refractivity contribution in [3.8, 4) is 0 Å². The quantitative estimate of drug-likeness (QED) is 0.590. The summed E-state index contributed by atoms with van der Waals surface area (Å²) >= 11 is 0. The SMILES string of the molecule is CC12CC3CCC1CC3(N)CO2. The first kappa shape index (κ1) is 7.34. The predicted octanol–water partition coefficient (Wildman–Crippen LogP) is 1.29. The van der Waals surface area contributed by atoms with Gasteiger partial charge in [-0.15, -0.1) is 0 Å². The van der Waals surface area contributed by atoms with Crippen molar-refractivity contribution in [2.45, 2.75) is 43.7 Å². The third-order valence-electron chi connectivity index (χ3n) is 4.49. The minimum atomic E-state index is 0.0562. The molecule has 2 heterocycles. The van der Waals surface area contributed by atoms with Gasteiger partial charge in [-0.05, 0) is 44.4 Å². The fraction of sp³-hybridized carbons (Fsp3) is 1.00. The molecule has 2 aliphatic heterocycles. The van der Waals surface area contributed by atoms with Crippen molar-refractivity contribution < 1.29 is 4.74 Å². The number of rotatable bonds is 0. The average molecular weight is 167 g/mol. The zero-order valence-electron chi connectivity index (χ0n) is 7.68. The Bertz CT molecular complexity index is 206. The third kappa shape index (κ3) is 0.686. The van der Waals surface area contributed by atoms with Gasteiger partial charge in [0.1, 0.15) is 0 Å². The zero-order chi connectivity index (χ0) is 8.40. The standard InChI is InChI=1S/C10H17NO/c1-9-4-8-3-2-7(9)5-10(8,11)6-12-9/h7-8H,2-6,11H2,1H3. The van der Waals surface area contributed by atoms with E-state index in [1.807, 2.05) is 0 Å². The van der Waals surface area contributed by atoms with Crippen LogP contribution in [-0.2, 0) is 4.74 Å². The Morgan fingerprint density at radius 1 is 1.25 bits per heavy atom. The Hall–Kier alpha value is -0.0800. The van der Waals surface area contributed by atoms with E-state index in [0.717, 1.165) is 18.4 Å². The largest absolute Gasteiger partial charge is 0.373 e. The van der Waals surface area contributed by atoms with Crippen LogP contribution in [0, 0.1) is 11.8 Å². The maximum absolute atomic E-state index is 6.32. The fourth-order valence-corrected chi connectivity index (χ4v) is 3.55. The molecule has 12 heavy (non-hydrogen) atoms. The van der Waals surface area contributed by atoms with Gasteiger partial charge in [0.15, 0.2) is 0 Å². The Morgan fingerprint density at radius 2 is 2.00 bits per heavy atom. The van der Waals surface area contributed by atoms with Gasteiger partial charge in [-0.3, -0.25) is 0 Å². The second-order valence-corrected chi connectivity index (χ2v) is 5.21. The molecule has 5 fully saturated rings. The number of fused-ring (bicyclic) bond motifs is 2. The van der Waals surface area contributed by atoms with E-state index < -0.39 is 0 Å². The molecule has 0 radical (unpaired) electrons. The molecule has 3 saturated carbocycles. The summed E-state index contributed by atoms with van der Waals surface area (Å²) in [7, 11) is 0. The minimum Gasteiger partial charge on any atom is -0.373 e. The lowest BCUT2D eigenvalue weighted by molar-refractivity contribution is -0.227. The van der Waals surface area contributed by atoms with Crippen LogP contribution in [0.15, 0.2) is 0 Å². The number of hydrogen-bond acceptors (Lipinski definition) is 2. The summed E-state index contributed by atoms with van der Waals surface area (Å²) in [5.74, 6) is 1.50. The summed E-state index contributed by atoms with van der Waals surface area (Å²) in [5.41, 5.74) is 6.57. The van der Waals surface area contributed by atoms with Crippen molar-refractivity contribution in [1.82, 2.24) is 0 Å². The molecule has 4 unspecified atom stereocenters. The molecule has 0 spiro atoms. The summed E-state index contributed by atoms with van der Waals surface area (Å²) in [6.45, 7) is 3.09. The molecule has 2 N–H and O–H groups in total. The average Bonchev–Trinajstić information content (AvgIpc) is 2.04. The minimum absolute atomic E-state index is 0.0562. The van der Waals surface area contributed by atoms with Gasteiger partial charge in [0.2, 0.25) is 0 Å². The van der Waals surface area contributed by atoms with Crippen LogP contribution in [0.4, 0.5) is 0 Å². The first-order valence-electron chi connectivity index (χ1n) is 5.05. The molecular weight excluding hydrogens is 150 g/mol. The molecule has 68 valence electrons. The van der Waals surface area contributed by atoms with E-state index in [0.29, 0.717) is 0 Å². The van der Waals surface area contributed by atoms with Crippen LogP contribution < -0.4 is 5.73 Å². The monoisotopic (exact) mass is 167 g/mol. The second kappa shape index (κ2) is 1.88. The smallest absolute Gasteiger partial charge is 0.0687 e.